The zero-order valence-corrected chi connectivity index (χ0v) is 10.4. The van der Waals surface area contributed by atoms with Crippen LogP contribution in [-0.4, -0.2) is 44.2 Å². The van der Waals surface area contributed by atoms with Gasteiger partial charge in [-0.1, -0.05) is 13.3 Å². The van der Waals surface area contributed by atoms with E-state index in [1.807, 2.05) is 13.0 Å². The number of unbranched alkanes of at least 4 members (excludes halogenated alkanes) is 1. The second kappa shape index (κ2) is 6.77. The van der Waals surface area contributed by atoms with Gasteiger partial charge in [-0.25, -0.2) is 0 Å². The number of hydrogen-bond donors (Lipinski definition) is 0. The van der Waals surface area contributed by atoms with Gasteiger partial charge in [-0.2, -0.15) is 22.3 Å². The third kappa shape index (κ3) is 4.60. The molecule has 0 aliphatic rings. The molecular formula is C9H19N3O2S. The van der Waals surface area contributed by atoms with E-state index in [-0.39, 0.29) is 13.0 Å². The lowest BCUT2D eigenvalue weighted by molar-refractivity contribution is 0.391. The fourth-order valence-corrected chi connectivity index (χ4v) is 2.21. The maximum atomic E-state index is 11.8. The van der Waals surface area contributed by atoms with Crippen molar-refractivity contribution in [3.8, 4) is 6.07 Å². The molecule has 88 valence electrons. The monoisotopic (exact) mass is 233 g/mol. The Kier molecular flexibility index (Phi) is 6.48. The zero-order valence-electron chi connectivity index (χ0n) is 9.60. The molecule has 0 aromatic heterocycles. The van der Waals surface area contributed by atoms with E-state index in [0.29, 0.717) is 6.54 Å². The third-order valence-corrected chi connectivity index (χ3v) is 4.09. The molecule has 0 bridgehead atoms. The molecule has 0 fully saturated rings. The summed E-state index contributed by atoms with van der Waals surface area (Å²) in [5.74, 6) is 0. The highest BCUT2D eigenvalue weighted by molar-refractivity contribution is 7.86. The molecule has 0 saturated carbocycles. The summed E-state index contributed by atoms with van der Waals surface area (Å²) in [6.07, 6.45) is 2.03. The Hall–Kier alpha value is -0.640. The van der Waals surface area contributed by atoms with E-state index in [1.54, 1.807) is 7.05 Å². The van der Waals surface area contributed by atoms with Crippen molar-refractivity contribution in [2.24, 2.45) is 0 Å². The van der Waals surface area contributed by atoms with Crippen LogP contribution in [0.1, 0.15) is 26.2 Å². The molecule has 6 heteroatoms. The third-order valence-electron chi connectivity index (χ3n) is 2.15. The summed E-state index contributed by atoms with van der Waals surface area (Å²) in [6.45, 7) is 2.78. The van der Waals surface area contributed by atoms with E-state index >= 15 is 0 Å². The first-order valence-electron chi connectivity index (χ1n) is 5.01. The smallest absolute Gasteiger partial charge is 0.198 e. The molecule has 0 aliphatic carbocycles. The minimum absolute atomic E-state index is 0.220. The van der Waals surface area contributed by atoms with Crippen LogP contribution in [0.25, 0.3) is 0 Å². The summed E-state index contributed by atoms with van der Waals surface area (Å²) < 4.78 is 26.1. The van der Waals surface area contributed by atoms with Crippen LogP contribution >= 0.6 is 0 Å². The first-order chi connectivity index (χ1) is 6.96. The Labute approximate surface area is 92.5 Å². The van der Waals surface area contributed by atoms with Crippen molar-refractivity contribution in [2.75, 3.05) is 27.2 Å². The molecule has 15 heavy (non-hydrogen) atoms. The van der Waals surface area contributed by atoms with Crippen molar-refractivity contribution < 1.29 is 8.42 Å². The van der Waals surface area contributed by atoms with Crippen LogP contribution in [0.5, 0.6) is 0 Å². The molecular weight excluding hydrogens is 214 g/mol. The van der Waals surface area contributed by atoms with E-state index in [0.717, 1.165) is 12.8 Å². The van der Waals surface area contributed by atoms with Crippen LogP contribution in [0.2, 0.25) is 0 Å². The van der Waals surface area contributed by atoms with Crippen LogP contribution < -0.4 is 0 Å². The Morgan fingerprint density at radius 3 is 2.20 bits per heavy atom. The van der Waals surface area contributed by atoms with E-state index in [2.05, 4.69) is 0 Å². The number of hydrogen-bond acceptors (Lipinski definition) is 3. The molecule has 0 aromatic carbocycles. The highest BCUT2D eigenvalue weighted by Crippen LogP contribution is 2.05. The van der Waals surface area contributed by atoms with Gasteiger partial charge in [0.05, 0.1) is 6.07 Å². The normalized spacial score (nSPS) is 12.0. The average Bonchev–Trinajstić information content (AvgIpc) is 2.21. The minimum Gasteiger partial charge on any atom is -0.198 e. The molecule has 0 spiro atoms. The quantitative estimate of drug-likeness (QED) is 0.653. The first-order valence-corrected chi connectivity index (χ1v) is 6.41. The minimum atomic E-state index is -3.37. The van der Waals surface area contributed by atoms with E-state index in [1.165, 1.54) is 15.7 Å². The van der Waals surface area contributed by atoms with E-state index < -0.39 is 10.2 Å². The molecule has 0 atom stereocenters. The molecule has 0 N–H and O–H groups in total. The predicted molar refractivity (Wildman–Crippen MR) is 59.3 cm³/mol. The molecule has 0 heterocycles. The van der Waals surface area contributed by atoms with Gasteiger partial charge < -0.3 is 0 Å². The van der Waals surface area contributed by atoms with Gasteiger partial charge in [-0.05, 0) is 6.42 Å². The highest BCUT2D eigenvalue weighted by Gasteiger charge is 2.22. The maximum absolute atomic E-state index is 11.8. The first kappa shape index (κ1) is 14.4. The van der Waals surface area contributed by atoms with Gasteiger partial charge in [-0.15, -0.1) is 0 Å². The molecule has 0 radical (unpaired) electrons. The zero-order chi connectivity index (χ0) is 11.9. The Morgan fingerprint density at radius 2 is 1.73 bits per heavy atom. The van der Waals surface area contributed by atoms with Crippen LogP contribution in [0.15, 0.2) is 0 Å². The lowest BCUT2D eigenvalue weighted by Crippen LogP contribution is -2.40. The van der Waals surface area contributed by atoms with E-state index in [9.17, 15) is 8.42 Å². The van der Waals surface area contributed by atoms with Crippen LogP contribution in [-0.2, 0) is 10.2 Å². The van der Waals surface area contributed by atoms with Gasteiger partial charge in [0.1, 0.15) is 0 Å². The van der Waals surface area contributed by atoms with Crippen molar-refractivity contribution >= 4 is 10.2 Å². The van der Waals surface area contributed by atoms with Crippen molar-refractivity contribution in [1.29, 1.82) is 5.26 Å². The highest BCUT2D eigenvalue weighted by atomic mass is 32.2. The summed E-state index contributed by atoms with van der Waals surface area (Å²) >= 11 is 0. The van der Waals surface area contributed by atoms with Gasteiger partial charge in [0.25, 0.3) is 10.2 Å². The molecule has 0 amide bonds. The van der Waals surface area contributed by atoms with Gasteiger partial charge >= 0.3 is 0 Å². The van der Waals surface area contributed by atoms with E-state index in [4.69, 9.17) is 5.26 Å². The summed E-state index contributed by atoms with van der Waals surface area (Å²) in [5, 5.41) is 8.38. The van der Waals surface area contributed by atoms with Crippen LogP contribution in [0, 0.1) is 11.3 Å². The van der Waals surface area contributed by atoms with Gasteiger partial charge in [0.15, 0.2) is 0 Å². The SMILES string of the molecule is CCCCN(C)S(=O)(=O)N(C)CCC#N. The average molecular weight is 233 g/mol. The summed E-state index contributed by atoms with van der Waals surface area (Å²) in [5.41, 5.74) is 0. The molecule has 0 aromatic rings. The number of nitrogens with zero attached hydrogens (tertiary/aromatic N) is 3. The molecule has 0 saturated heterocycles. The van der Waals surface area contributed by atoms with Crippen LogP contribution in [0.3, 0.4) is 0 Å². The molecule has 0 rings (SSSR count). The summed E-state index contributed by atoms with van der Waals surface area (Å²) in [7, 11) is -0.309. The van der Waals surface area contributed by atoms with Gasteiger partial charge in [0, 0.05) is 33.6 Å². The van der Waals surface area contributed by atoms with Crippen molar-refractivity contribution in [1.82, 2.24) is 8.61 Å². The summed E-state index contributed by atoms with van der Waals surface area (Å²) in [6, 6.07) is 1.93. The largest absolute Gasteiger partial charge is 0.281 e. The maximum Gasteiger partial charge on any atom is 0.281 e. The Morgan fingerprint density at radius 1 is 1.20 bits per heavy atom. The molecule has 5 nitrogen and oxygen atoms in total. The lowest BCUT2D eigenvalue weighted by atomic mass is 10.3. The predicted octanol–water partition coefficient (Wildman–Crippen LogP) is 0.809. The number of nitriles is 1. The van der Waals surface area contributed by atoms with Gasteiger partial charge in [-0.3, -0.25) is 0 Å². The van der Waals surface area contributed by atoms with Crippen molar-refractivity contribution in [3.05, 3.63) is 0 Å². The Bertz CT molecular complexity index is 308. The van der Waals surface area contributed by atoms with Gasteiger partial charge in [0.2, 0.25) is 0 Å². The molecule has 0 unspecified atom stereocenters. The summed E-state index contributed by atoms with van der Waals surface area (Å²) in [4.78, 5) is 0. The van der Waals surface area contributed by atoms with Crippen molar-refractivity contribution in [3.63, 3.8) is 0 Å². The molecule has 0 aliphatic heterocycles. The standard InChI is InChI=1S/C9H19N3O2S/c1-4-5-8-11(2)15(13,14)12(3)9-6-7-10/h4-6,8-9H2,1-3H3. The second-order valence-corrected chi connectivity index (χ2v) is 5.55. The fraction of sp³-hybridized carbons (Fsp3) is 0.889. The van der Waals surface area contributed by atoms with Crippen molar-refractivity contribution in [2.45, 2.75) is 26.2 Å². The van der Waals surface area contributed by atoms with Crippen LogP contribution in [0.4, 0.5) is 0 Å². The lowest BCUT2D eigenvalue weighted by Gasteiger charge is -2.23. The Balaban J connectivity index is 4.33. The topological polar surface area (TPSA) is 64.4 Å². The number of rotatable bonds is 7. The second-order valence-electron chi connectivity index (χ2n) is 3.41. The fourth-order valence-electron chi connectivity index (χ4n) is 1.06.